The molecule has 2 aliphatic heterocycles. The summed E-state index contributed by atoms with van der Waals surface area (Å²) in [4.78, 5) is 17.2. The van der Waals surface area contributed by atoms with E-state index < -0.39 is 5.60 Å². The second-order valence-electron chi connectivity index (χ2n) is 10.5. The summed E-state index contributed by atoms with van der Waals surface area (Å²) in [6.45, 7) is 13.4. The minimum atomic E-state index is -0.453. The zero-order chi connectivity index (χ0) is 23.5. The molecule has 3 atom stereocenters. The Bertz CT molecular complexity index is 836. The van der Waals surface area contributed by atoms with E-state index in [4.69, 9.17) is 16.3 Å². The number of rotatable bonds is 5. The normalized spacial score (nSPS) is 24.7. The molecule has 0 aliphatic carbocycles. The summed E-state index contributed by atoms with van der Waals surface area (Å²) in [7, 11) is 0. The van der Waals surface area contributed by atoms with Gasteiger partial charge in [-0.05, 0) is 90.0 Å². The lowest BCUT2D eigenvalue weighted by Gasteiger charge is -2.44. The third-order valence-electron chi connectivity index (χ3n) is 6.98. The Kier molecular flexibility index (Phi) is 8.25. The number of hydrogen-bond acceptors (Lipinski definition) is 5. The molecule has 1 aromatic rings. The molecule has 0 amide bonds. The summed E-state index contributed by atoms with van der Waals surface area (Å²) in [5.74, 6) is 0.307. The zero-order valence-corrected chi connectivity index (χ0v) is 21.0. The molecule has 2 fully saturated rings. The van der Waals surface area contributed by atoms with Crippen molar-refractivity contribution in [1.29, 1.82) is 5.26 Å². The first kappa shape index (κ1) is 25.0. The number of nitrogens with zero attached hydrogens (tertiary/aromatic N) is 3. The molecule has 0 spiro atoms. The van der Waals surface area contributed by atoms with Crippen molar-refractivity contribution in [1.82, 2.24) is 9.80 Å². The van der Waals surface area contributed by atoms with Gasteiger partial charge in [-0.15, -0.1) is 0 Å². The molecule has 5 nitrogen and oxygen atoms in total. The number of aryl methyl sites for hydroxylation is 1. The molecule has 2 saturated heterocycles. The molecule has 2 unspecified atom stereocenters. The first-order valence-electron chi connectivity index (χ1n) is 11.9. The van der Waals surface area contributed by atoms with E-state index in [2.05, 4.69) is 28.0 Å². The van der Waals surface area contributed by atoms with Gasteiger partial charge < -0.3 is 4.74 Å². The van der Waals surface area contributed by atoms with Crippen LogP contribution >= 0.6 is 11.6 Å². The van der Waals surface area contributed by atoms with Crippen LogP contribution in [0.25, 0.3) is 0 Å². The van der Waals surface area contributed by atoms with E-state index in [9.17, 15) is 10.1 Å². The first-order chi connectivity index (χ1) is 15.1. The summed E-state index contributed by atoms with van der Waals surface area (Å²) in [5.41, 5.74) is 1.92. The molecule has 32 heavy (non-hydrogen) atoms. The maximum atomic E-state index is 12.4. The fourth-order valence-corrected chi connectivity index (χ4v) is 5.18. The summed E-state index contributed by atoms with van der Waals surface area (Å²) in [6, 6.07) is 9.09. The van der Waals surface area contributed by atoms with Crippen LogP contribution in [-0.2, 0) is 16.0 Å². The monoisotopic (exact) mass is 459 g/mol. The quantitative estimate of drug-likeness (QED) is 0.589. The van der Waals surface area contributed by atoms with Crippen molar-refractivity contribution in [3.8, 4) is 6.07 Å². The van der Waals surface area contributed by atoms with Gasteiger partial charge >= 0.3 is 5.97 Å². The van der Waals surface area contributed by atoms with Crippen molar-refractivity contribution >= 4 is 17.6 Å². The number of piperidine rings is 2. The fraction of sp³-hybridized carbons (Fsp3) is 0.692. The van der Waals surface area contributed by atoms with E-state index in [1.54, 1.807) is 0 Å². The van der Waals surface area contributed by atoms with E-state index in [1.165, 1.54) is 5.56 Å². The third-order valence-corrected chi connectivity index (χ3v) is 7.41. The van der Waals surface area contributed by atoms with Crippen molar-refractivity contribution in [2.75, 3.05) is 26.2 Å². The van der Waals surface area contributed by atoms with Gasteiger partial charge in [0.25, 0.3) is 0 Å². The Labute approximate surface area is 198 Å². The molecule has 2 heterocycles. The van der Waals surface area contributed by atoms with Gasteiger partial charge in [0.15, 0.2) is 0 Å². The van der Waals surface area contributed by atoms with Gasteiger partial charge in [0, 0.05) is 30.7 Å². The van der Waals surface area contributed by atoms with Crippen LogP contribution in [0, 0.1) is 30.1 Å². The lowest BCUT2D eigenvalue weighted by molar-refractivity contribution is -0.161. The lowest BCUT2D eigenvalue weighted by Crippen LogP contribution is -2.53. The summed E-state index contributed by atoms with van der Waals surface area (Å²) < 4.78 is 5.56. The second-order valence-corrected chi connectivity index (χ2v) is 11.0. The van der Waals surface area contributed by atoms with Crippen molar-refractivity contribution < 1.29 is 9.53 Å². The van der Waals surface area contributed by atoms with Gasteiger partial charge in [-0.3, -0.25) is 14.6 Å². The van der Waals surface area contributed by atoms with Crippen LogP contribution in [0.3, 0.4) is 0 Å². The molecule has 0 bridgehead atoms. The molecule has 2 aliphatic rings. The molecule has 176 valence electrons. The highest BCUT2D eigenvalue weighted by molar-refractivity contribution is 6.31. The minimum Gasteiger partial charge on any atom is -0.459 e. The maximum Gasteiger partial charge on any atom is 0.323 e. The highest BCUT2D eigenvalue weighted by Gasteiger charge is 2.36. The lowest BCUT2D eigenvalue weighted by atomic mass is 9.81. The Morgan fingerprint density at radius 3 is 2.53 bits per heavy atom. The van der Waals surface area contributed by atoms with Crippen LogP contribution in [0.2, 0.25) is 5.02 Å². The predicted molar refractivity (Wildman–Crippen MR) is 129 cm³/mol. The van der Waals surface area contributed by atoms with E-state index >= 15 is 0 Å². The smallest absolute Gasteiger partial charge is 0.323 e. The number of nitriles is 1. The van der Waals surface area contributed by atoms with E-state index in [0.29, 0.717) is 12.0 Å². The van der Waals surface area contributed by atoms with Gasteiger partial charge in [0.05, 0.1) is 12.0 Å². The summed E-state index contributed by atoms with van der Waals surface area (Å²) in [5, 5.41) is 10.7. The highest BCUT2D eigenvalue weighted by Crippen LogP contribution is 2.31. The van der Waals surface area contributed by atoms with Gasteiger partial charge in [-0.25, -0.2) is 0 Å². The number of hydrogen-bond donors (Lipinski definition) is 0. The highest BCUT2D eigenvalue weighted by atomic mass is 35.5. The summed E-state index contributed by atoms with van der Waals surface area (Å²) in [6.07, 6.45) is 4.06. The van der Waals surface area contributed by atoms with Crippen LogP contribution < -0.4 is 0 Å². The first-order valence-corrected chi connectivity index (χ1v) is 12.3. The van der Waals surface area contributed by atoms with Crippen LogP contribution in [0.5, 0.6) is 0 Å². The molecule has 0 N–H and O–H groups in total. The molecule has 3 rings (SSSR count). The van der Waals surface area contributed by atoms with Gasteiger partial charge in [0.2, 0.25) is 0 Å². The number of halogens is 1. The number of carbonyl (C=O) groups is 1. The van der Waals surface area contributed by atoms with Crippen LogP contribution in [-0.4, -0.2) is 59.6 Å². The van der Waals surface area contributed by atoms with Gasteiger partial charge in [-0.1, -0.05) is 23.7 Å². The number of likely N-dealkylation sites (tertiary alicyclic amines) is 2. The van der Waals surface area contributed by atoms with Crippen LogP contribution in [0.4, 0.5) is 0 Å². The third kappa shape index (κ3) is 6.47. The number of ether oxygens (including phenoxy) is 1. The van der Waals surface area contributed by atoms with E-state index in [1.807, 2.05) is 40.7 Å². The molecular weight excluding hydrogens is 422 g/mol. The Morgan fingerprint density at radius 1 is 1.25 bits per heavy atom. The molecule has 0 saturated carbocycles. The maximum absolute atomic E-state index is 12.4. The molecular formula is C26H38ClN3O2. The van der Waals surface area contributed by atoms with E-state index in [0.717, 1.165) is 62.4 Å². The molecule has 0 radical (unpaired) electrons. The number of carbonyl (C=O) groups excluding carboxylic acids is 1. The van der Waals surface area contributed by atoms with Gasteiger partial charge in [0.1, 0.15) is 11.6 Å². The topological polar surface area (TPSA) is 56.6 Å². The average Bonchev–Trinajstić information content (AvgIpc) is 2.75. The minimum absolute atomic E-state index is 0.0541. The van der Waals surface area contributed by atoms with Crippen molar-refractivity contribution in [3.63, 3.8) is 0 Å². The van der Waals surface area contributed by atoms with E-state index in [-0.39, 0.29) is 17.9 Å². The number of benzene rings is 1. The molecule has 1 aromatic carbocycles. The largest absolute Gasteiger partial charge is 0.459 e. The van der Waals surface area contributed by atoms with Crippen molar-refractivity contribution in [3.05, 3.63) is 34.3 Å². The fourth-order valence-electron chi connectivity index (χ4n) is 5.06. The Morgan fingerprint density at radius 2 is 1.94 bits per heavy atom. The standard InChI is InChI=1S/C26H38ClN3O2/c1-18-14-20(6-7-24(18)27)15-21-8-11-30(17-22(21)16-28)23-9-12-29(13-10-23)19(2)25(31)32-26(3,4)5/h6-7,14,19,21-23H,8-13,15,17H2,1-5H3/t19?,21?,22-/m1/s1. The van der Waals surface area contributed by atoms with Crippen LogP contribution in [0.1, 0.15) is 58.1 Å². The average molecular weight is 460 g/mol. The Balaban J connectivity index is 1.51. The van der Waals surface area contributed by atoms with Gasteiger partial charge in [-0.2, -0.15) is 5.26 Å². The van der Waals surface area contributed by atoms with Crippen molar-refractivity contribution in [2.24, 2.45) is 11.8 Å². The molecule has 6 heteroatoms. The van der Waals surface area contributed by atoms with Crippen molar-refractivity contribution in [2.45, 2.75) is 78.0 Å². The number of esters is 1. The van der Waals surface area contributed by atoms with Crippen LogP contribution in [0.15, 0.2) is 18.2 Å². The zero-order valence-electron chi connectivity index (χ0n) is 20.2. The predicted octanol–water partition coefficient (Wildman–Crippen LogP) is 4.85. The Hall–Kier alpha value is -1.61. The summed E-state index contributed by atoms with van der Waals surface area (Å²) >= 11 is 6.17. The molecule has 0 aromatic heterocycles. The second kappa shape index (κ2) is 10.5. The SMILES string of the molecule is Cc1cc(CC2CCN(C3CCN(C(C)C(=O)OC(C)(C)C)CC3)C[C@H]2C#N)ccc1Cl.